The lowest BCUT2D eigenvalue weighted by Crippen LogP contribution is -2.67. The number of rotatable bonds is 52. The number of hydrogen-bond acceptors (Lipinski definition) is 19. The standard InChI is InChI=1S/C54H98O19/c1-3-5-7-9-11-13-15-17-19-21-23-25-27-29-31-53(47(69)41(63)35-57,48(70)42(64)36-58)51(45(67)39(61)33-55)73-52(46(68)40(62)34-56)54(49(71)43(65)37-59,50(72)44(66)38-60)32-30-28-26-24-22-20-18-16-14-12-10-8-6-4-2/h39-44,51-52,55-66H,3-38H2,1-2H3. The lowest BCUT2D eigenvalue weighted by Gasteiger charge is -2.45. The number of aliphatic hydroxyl groups is 12. The van der Waals surface area contributed by atoms with E-state index in [9.17, 15) is 90.0 Å². The number of aliphatic hydroxyl groups excluding tert-OH is 12. The number of hydrogen-bond donors (Lipinski definition) is 12. The van der Waals surface area contributed by atoms with Crippen molar-refractivity contribution in [3.63, 3.8) is 0 Å². The summed E-state index contributed by atoms with van der Waals surface area (Å²) in [7, 11) is 0. The van der Waals surface area contributed by atoms with E-state index in [1.165, 1.54) is 51.4 Å². The molecule has 0 fully saturated rings. The molecule has 12 N–H and O–H groups in total. The molecule has 8 unspecified atom stereocenters. The van der Waals surface area contributed by atoms with Gasteiger partial charge in [0.15, 0.2) is 34.7 Å². The van der Waals surface area contributed by atoms with Crippen molar-refractivity contribution in [3.8, 4) is 0 Å². The molecule has 0 heterocycles. The summed E-state index contributed by atoms with van der Waals surface area (Å²) >= 11 is 0. The van der Waals surface area contributed by atoms with Crippen LogP contribution in [0.4, 0.5) is 0 Å². The van der Waals surface area contributed by atoms with Gasteiger partial charge in [-0.05, 0) is 12.8 Å². The zero-order chi connectivity index (χ0) is 55.2. The molecule has 0 saturated carbocycles. The van der Waals surface area contributed by atoms with E-state index in [1.54, 1.807) is 0 Å². The van der Waals surface area contributed by atoms with Crippen molar-refractivity contribution in [2.45, 2.75) is 255 Å². The minimum absolute atomic E-state index is 0.199. The second-order valence-electron chi connectivity index (χ2n) is 20.0. The molecule has 0 rings (SSSR count). The Kier molecular flexibility index (Phi) is 40.2. The first-order chi connectivity index (χ1) is 35.0. The summed E-state index contributed by atoms with van der Waals surface area (Å²) in [6.45, 7) is -4.32. The van der Waals surface area contributed by atoms with Gasteiger partial charge in [0.05, 0.1) is 39.6 Å². The van der Waals surface area contributed by atoms with E-state index in [-0.39, 0.29) is 25.7 Å². The molecule has 19 heteroatoms. The predicted octanol–water partition coefficient (Wildman–Crippen LogP) is 2.99. The van der Waals surface area contributed by atoms with Crippen molar-refractivity contribution in [1.29, 1.82) is 0 Å². The minimum Gasteiger partial charge on any atom is -0.393 e. The Labute approximate surface area is 434 Å². The monoisotopic (exact) mass is 1050 g/mol. The predicted molar refractivity (Wildman–Crippen MR) is 272 cm³/mol. The molecule has 0 aliphatic heterocycles. The normalized spacial score (nSPS) is 16.8. The molecular weight excluding hydrogens is 953 g/mol. The van der Waals surface area contributed by atoms with Crippen LogP contribution in [-0.4, -0.2) is 184 Å². The van der Waals surface area contributed by atoms with Gasteiger partial charge in [0.1, 0.15) is 59.7 Å². The third-order valence-corrected chi connectivity index (χ3v) is 14.2. The van der Waals surface area contributed by atoms with E-state index in [2.05, 4.69) is 13.8 Å². The van der Waals surface area contributed by atoms with Crippen molar-refractivity contribution in [3.05, 3.63) is 0 Å². The highest BCUT2D eigenvalue weighted by Crippen LogP contribution is 2.44. The van der Waals surface area contributed by atoms with Gasteiger partial charge in [-0.2, -0.15) is 0 Å². The summed E-state index contributed by atoms with van der Waals surface area (Å²) in [4.78, 5) is 87.5. The number of carbonyl (C=O) groups excluding carboxylic acids is 6. The summed E-state index contributed by atoms with van der Waals surface area (Å²) < 4.78 is 6.06. The zero-order valence-electron chi connectivity index (χ0n) is 44.3. The molecule has 19 nitrogen and oxygen atoms in total. The Morgan fingerprint density at radius 1 is 0.301 bits per heavy atom. The van der Waals surface area contributed by atoms with E-state index in [1.807, 2.05) is 0 Å². The Morgan fingerprint density at radius 2 is 0.479 bits per heavy atom. The molecule has 73 heavy (non-hydrogen) atoms. The first-order valence-corrected chi connectivity index (χ1v) is 27.6. The smallest absolute Gasteiger partial charge is 0.193 e. The Morgan fingerprint density at radius 3 is 0.658 bits per heavy atom. The molecule has 428 valence electrons. The quantitative estimate of drug-likeness (QED) is 0.0308. The second-order valence-corrected chi connectivity index (χ2v) is 20.0. The third-order valence-electron chi connectivity index (χ3n) is 14.2. The highest BCUT2D eigenvalue weighted by Gasteiger charge is 2.64. The van der Waals surface area contributed by atoms with Crippen molar-refractivity contribution in [2.24, 2.45) is 10.8 Å². The molecule has 0 spiro atoms. The summed E-state index contributed by atoms with van der Waals surface area (Å²) in [5.41, 5.74) is -6.70. The first kappa shape index (κ1) is 70.5. The van der Waals surface area contributed by atoms with Crippen LogP contribution in [0.1, 0.15) is 206 Å². The van der Waals surface area contributed by atoms with Crippen LogP contribution < -0.4 is 0 Å². The van der Waals surface area contributed by atoms with Gasteiger partial charge in [-0.25, -0.2) is 0 Å². The molecule has 0 saturated heterocycles. The van der Waals surface area contributed by atoms with Gasteiger partial charge in [-0.3, -0.25) is 28.8 Å². The van der Waals surface area contributed by atoms with Gasteiger partial charge in [-0.1, -0.05) is 194 Å². The molecule has 0 aromatic carbocycles. The molecule has 0 aromatic rings. The van der Waals surface area contributed by atoms with Crippen LogP contribution >= 0.6 is 0 Å². The average Bonchev–Trinajstić information content (AvgIpc) is 3.41. The lowest BCUT2D eigenvalue weighted by atomic mass is 9.64. The molecular formula is C54H98O19. The topological polar surface area (TPSA) is 354 Å². The fourth-order valence-corrected chi connectivity index (χ4v) is 9.75. The third kappa shape index (κ3) is 23.7. The Bertz CT molecular complexity index is 1360. The molecule has 0 aromatic heterocycles. The number of ether oxygens (including phenoxy) is 1. The molecule has 0 aliphatic carbocycles. The summed E-state index contributed by atoms with van der Waals surface area (Å²) in [5.74, 6) is -10.7. The average molecular weight is 1050 g/mol. The fourth-order valence-electron chi connectivity index (χ4n) is 9.75. The Balaban J connectivity index is 7.53. The maximum absolute atomic E-state index is 14.6. The van der Waals surface area contributed by atoms with Crippen LogP contribution in [0.5, 0.6) is 0 Å². The molecule has 0 radical (unpaired) electrons. The molecule has 0 bridgehead atoms. The van der Waals surface area contributed by atoms with E-state index in [0.29, 0.717) is 25.7 Å². The highest BCUT2D eigenvalue weighted by atomic mass is 16.5. The van der Waals surface area contributed by atoms with Crippen molar-refractivity contribution in [2.75, 3.05) is 39.6 Å². The highest BCUT2D eigenvalue weighted by molar-refractivity contribution is 6.16. The van der Waals surface area contributed by atoms with E-state index in [0.717, 1.165) is 77.0 Å². The van der Waals surface area contributed by atoms with Crippen LogP contribution in [0.2, 0.25) is 0 Å². The van der Waals surface area contributed by atoms with E-state index in [4.69, 9.17) is 4.74 Å². The fraction of sp³-hybridized carbons (Fsp3) is 0.889. The van der Waals surface area contributed by atoms with Gasteiger partial charge in [0.25, 0.3) is 0 Å². The summed E-state index contributed by atoms with van der Waals surface area (Å²) in [6.07, 6.45) is 0.536. The van der Waals surface area contributed by atoms with Gasteiger partial charge in [0, 0.05) is 0 Å². The number of carbonyl (C=O) groups is 6. The molecule has 0 aliphatic rings. The molecule has 0 amide bonds. The van der Waals surface area contributed by atoms with Gasteiger partial charge in [0.2, 0.25) is 0 Å². The largest absolute Gasteiger partial charge is 0.393 e. The van der Waals surface area contributed by atoms with Crippen molar-refractivity contribution in [1.82, 2.24) is 0 Å². The lowest BCUT2D eigenvalue weighted by molar-refractivity contribution is -0.196. The zero-order valence-corrected chi connectivity index (χ0v) is 44.3. The van der Waals surface area contributed by atoms with Gasteiger partial charge < -0.3 is 66.0 Å². The summed E-state index contributed by atoms with van der Waals surface area (Å²) in [5, 5.41) is 126. The van der Waals surface area contributed by atoms with Crippen molar-refractivity contribution < 1.29 is 94.8 Å². The van der Waals surface area contributed by atoms with Gasteiger partial charge in [-0.15, -0.1) is 0 Å². The summed E-state index contributed by atoms with van der Waals surface area (Å²) in [6, 6.07) is 0. The molecule has 8 atom stereocenters. The van der Waals surface area contributed by atoms with Crippen LogP contribution in [0.15, 0.2) is 0 Å². The number of unbranched alkanes of at least 4 members (excludes halogenated alkanes) is 26. The SMILES string of the molecule is CCCCCCCCCCCCCCCCC(C(=O)C(O)CO)(C(=O)C(O)CO)C(OC(C(=O)C(O)CO)C(CCCCCCCCCCCCCCCC)(C(=O)C(O)CO)C(=O)C(O)CO)C(=O)C(O)CO. The van der Waals surface area contributed by atoms with E-state index >= 15 is 0 Å². The Hall–Kier alpha value is -2.50. The number of Topliss-reactive ketones (excluding diaryl/α,β-unsaturated/α-hetero) is 6. The number of ketones is 6. The van der Waals surface area contributed by atoms with Crippen LogP contribution in [0.3, 0.4) is 0 Å². The van der Waals surface area contributed by atoms with Crippen LogP contribution in [0.25, 0.3) is 0 Å². The van der Waals surface area contributed by atoms with Crippen molar-refractivity contribution >= 4 is 34.7 Å². The van der Waals surface area contributed by atoms with E-state index < -0.39 is 147 Å². The maximum atomic E-state index is 14.6. The minimum atomic E-state index is -3.35. The maximum Gasteiger partial charge on any atom is 0.193 e. The van der Waals surface area contributed by atoms with Gasteiger partial charge >= 0.3 is 0 Å². The van der Waals surface area contributed by atoms with Crippen LogP contribution in [0, 0.1) is 10.8 Å². The second kappa shape index (κ2) is 41.6. The first-order valence-electron chi connectivity index (χ1n) is 27.6. The van der Waals surface area contributed by atoms with Crippen LogP contribution in [-0.2, 0) is 33.5 Å².